The average molecular weight is 623 g/mol. The molecule has 0 N–H and O–H groups in total. The van der Waals surface area contributed by atoms with Gasteiger partial charge in [0.15, 0.2) is 9.84 Å². The molecule has 0 aliphatic rings. The molecule has 0 saturated carbocycles. The fourth-order valence-corrected chi connectivity index (χ4v) is 6.30. The van der Waals surface area contributed by atoms with Crippen molar-refractivity contribution in [2.75, 3.05) is 0 Å². The number of hydrogen-bond donors (Lipinski definition) is 0. The first-order valence-electron chi connectivity index (χ1n) is 12.6. The topological polar surface area (TPSA) is 34.1 Å². The van der Waals surface area contributed by atoms with Crippen LogP contribution in [0.1, 0.15) is 43.9 Å². The first-order valence-corrected chi connectivity index (χ1v) is 14.2. The molecule has 2 nitrogen and oxygen atoms in total. The van der Waals surface area contributed by atoms with E-state index in [4.69, 9.17) is 0 Å². The number of sulfone groups is 1. The standard InChI is InChI=1S/C32H22F8O2S/c33-27-13-9-23(10-14-27)29(17-7-21-3-1-5-25(19-21)31(35,36)37)43(41,42)30(24-11-15-28(34)16-12-24)18-8-22-4-2-6-26(20-22)32(38,39)40/h1-20,29-30H/b17-7+,18-8+. The fourth-order valence-electron chi connectivity index (χ4n) is 4.32. The molecule has 0 amide bonds. The van der Waals surface area contributed by atoms with Gasteiger partial charge in [0.2, 0.25) is 0 Å². The largest absolute Gasteiger partial charge is 0.416 e. The summed E-state index contributed by atoms with van der Waals surface area (Å²) in [6.07, 6.45) is -4.64. The molecule has 0 saturated heterocycles. The zero-order valence-corrected chi connectivity index (χ0v) is 22.8. The summed E-state index contributed by atoms with van der Waals surface area (Å²) >= 11 is 0. The third-order valence-electron chi connectivity index (χ3n) is 6.46. The highest BCUT2D eigenvalue weighted by Gasteiger charge is 2.34. The second-order valence-electron chi connectivity index (χ2n) is 9.50. The predicted octanol–water partition coefficient (Wildman–Crippen LogP) is 9.63. The van der Waals surface area contributed by atoms with E-state index in [0.717, 1.165) is 72.8 Å². The minimum absolute atomic E-state index is 0.0370. The van der Waals surface area contributed by atoms with Crippen LogP contribution in [0, 0.1) is 11.6 Å². The monoisotopic (exact) mass is 622 g/mol. The van der Waals surface area contributed by atoms with Gasteiger partial charge in [-0.2, -0.15) is 26.3 Å². The van der Waals surface area contributed by atoms with E-state index in [9.17, 15) is 43.5 Å². The van der Waals surface area contributed by atoms with Gasteiger partial charge in [0.1, 0.15) is 22.1 Å². The molecule has 2 atom stereocenters. The first-order chi connectivity index (χ1) is 20.1. The van der Waals surface area contributed by atoms with Crippen LogP contribution < -0.4 is 0 Å². The molecule has 0 heterocycles. The van der Waals surface area contributed by atoms with Crippen LogP contribution in [0.3, 0.4) is 0 Å². The molecule has 0 fully saturated rings. The zero-order valence-electron chi connectivity index (χ0n) is 22.0. The Morgan fingerprint density at radius 3 is 1.21 bits per heavy atom. The lowest BCUT2D eigenvalue weighted by Crippen LogP contribution is -2.19. The van der Waals surface area contributed by atoms with Crippen LogP contribution in [-0.2, 0) is 22.2 Å². The van der Waals surface area contributed by atoms with E-state index in [1.54, 1.807) is 0 Å². The molecule has 43 heavy (non-hydrogen) atoms. The van der Waals surface area contributed by atoms with E-state index < -0.39 is 55.5 Å². The number of rotatable bonds is 8. The minimum Gasteiger partial charge on any atom is -0.227 e. The highest BCUT2D eigenvalue weighted by Crippen LogP contribution is 2.38. The summed E-state index contributed by atoms with van der Waals surface area (Å²) < 4.78 is 135. The fraction of sp³-hybridized carbons (Fsp3) is 0.125. The molecule has 4 aromatic rings. The van der Waals surface area contributed by atoms with Crippen LogP contribution in [0.25, 0.3) is 12.2 Å². The van der Waals surface area contributed by atoms with Crippen LogP contribution in [0.5, 0.6) is 0 Å². The third-order valence-corrected chi connectivity index (χ3v) is 8.73. The molecular formula is C32H22F8O2S. The lowest BCUT2D eigenvalue weighted by Gasteiger charge is -2.22. The molecule has 0 aliphatic heterocycles. The molecule has 224 valence electrons. The molecule has 0 radical (unpaired) electrons. The Bertz CT molecular complexity index is 1600. The molecule has 11 heteroatoms. The maximum absolute atomic E-state index is 14.2. The van der Waals surface area contributed by atoms with Gasteiger partial charge in [0.25, 0.3) is 0 Å². The highest BCUT2D eigenvalue weighted by atomic mass is 32.2. The number of hydrogen-bond acceptors (Lipinski definition) is 2. The van der Waals surface area contributed by atoms with Crippen molar-refractivity contribution in [1.82, 2.24) is 0 Å². The second-order valence-corrected chi connectivity index (χ2v) is 11.7. The Labute approximate surface area is 242 Å². The van der Waals surface area contributed by atoms with Gasteiger partial charge in [0.05, 0.1) is 11.1 Å². The van der Waals surface area contributed by atoms with E-state index in [1.807, 2.05) is 0 Å². The Morgan fingerprint density at radius 1 is 0.535 bits per heavy atom. The van der Waals surface area contributed by atoms with Crippen molar-refractivity contribution in [3.8, 4) is 0 Å². The molecule has 0 aromatic heterocycles. The molecule has 0 spiro atoms. The quantitative estimate of drug-likeness (QED) is 0.184. The van der Waals surface area contributed by atoms with Crippen molar-refractivity contribution in [1.29, 1.82) is 0 Å². The van der Waals surface area contributed by atoms with E-state index in [2.05, 4.69) is 0 Å². The summed E-state index contributed by atoms with van der Waals surface area (Å²) in [5.74, 6) is -1.33. The van der Waals surface area contributed by atoms with Gasteiger partial charge in [-0.3, -0.25) is 0 Å². The molecular weight excluding hydrogens is 600 g/mol. The van der Waals surface area contributed by atoms with Gasteiger partial charge in [-0.1, -0.05) is 72.8 Å². The van der Waals surface area contributed by atoms with E-state index in [1.165, 1.54) is 48.6 Å². The molecule has 4 rings (SSSR count). The summed E-state index contributed by atoms with van der Waals surface area (Å²) in [6, 6.07) is 17.2. The predicted molar refractivity (Wildman–Crippen MR) is 148 cm³/mol. The van der Waals surface area contributed by atoms with E-state index in [-0.39, 0.29) is 22.3 Å². The van der Waals surface area contributed by atoms with Gasteiger partial charge < -0.3 is 0 Å². The molecule has 4 aromatic carbocycles. The maximum atomic E-state index is 14.2. The average Bonchev–Trinajstić information content (AvgIpc) is 2.94. The van der Waals surface area contributed by atoms with Crippen LogP contribution in [-0.4, -0.2) is 8.42 Å². The van der Waals surface area contributed by atoms with Gasteiger partial charge >= 0.3 is 12.4 Å². The summed E-state index contributed by atoms with van der Waals surface area (Å²) in [6.45, 7) is 0. The Kier molecular flexibility index (Phi) is 9.24. The Balaban J connectivity index is 1.83. The van der Waals surface area contributed by atoms with Crippen molar-refractivity contribution >= 4 is 22.0 Å². The van der Waals surface area contributed by atoms with Crippen molar-refractivity contribution in [3.63, 3.8) is 0 Å². The number of halogens is 8. The third kappa shape index (κ3) is 7.98. The van der Waals surface area contributed by atoms with Gasteiger partial charge in [-0.25, -0.2) is 17.2 Å². The Morgan fingerprint density at radius 2 is 0.884 bits per heavy atom. The maximum Gasteiger partial charge on any atom is 0.416 e. The summed E-state index contributed by atoms with van der Waals surface area (Å²) in [7, 11) is -4.48. The highest BCUT2D eigenvalue weighted by molar-refractivity contribution is 7.92. The van der Waals surface area contributed by atoms with E-state index >= 15 is 0 Å². The molecule has 0 aliphatic carbocycles. The SMILES string of the molecule is O=S(=O)(C(/C=C/c1cccc(C(F)(F)F)c1)c1ccc(F)cc1)C(/C=C/c1cccc(C(F)(F)F)c1)c1ccc(F)cc1. The van der Waals surface area contributed by atoms with Crippen LogP contribution >= 0.6 is 0 Å². The van der Waals surface area contributed by atoms with Crippen molar-refractivity contribution in [2.45, 2.75) is 22.9 Å². The minimum atomic E-state index is -4.64. The molecule has 0 bridgehead atoms. The zero-order chi connectivity index (χ0) is 31.4. The first kappa shape index (κ1) is 31.7. The summed E-state index contributed by atoms with van der Waals surface area (Å²) in [5, 5.41) is -3.10. The van der Waals surface area contributed by atoms with Crippen molar-refractivity contribution in [2.24, 2.45) is 0 Å². The van der Waals surface area contributed by atoms with Gasteiger partial charge in [0, 0.05) is 0 Å². The lowest BCUT2D eigenvalue weighted by molar-refractivity contribution is -0.138. The number of alkyl halides is 6. The normalized spacial score (nSPS) is 14.3. The number of benzene rings is 4. The van der Waals surface area contributed by atoms with Crippen LogP contribution in [0.4, 0.5) is 35.1 Å². The van der Waals surface area contributed by atoms with Crippen molar-refractivity contribution in [3.05, 3.63) is 154 Å². The smallest absolute Gasteiger partial charge is 0.227 e. The van der Waals surface area contributed by atoms with Crippen LogP contribution in [0.2, 0.25) is 0 Å². The molecule has 2 unspecified atom stereocenters. The second kappa shape index (κ2) is 12.5. The summed E-state index contributed by atoms with van der Waals surface area (Å²) in [5.41, 5.74) is -1.69. The lowest BCUT2D eigenvalue weighted by atomic mass is 10.1. The van der Waals surface area contributed by atoms with Crippen molar-refractivity contribution < 1.29 is 43.5 Å². The summed E-state index contributed by atoms with van der Waals surface area (Å²) in [4.78, 5) is 0. The Hall–Kier alpha value is -4.25. The van der Waals surface area contributed by atoms with Gasteiger partial charge in [-0.05, 0) is 70.8 Å². The van der Waals surface area contributed by atoms with Crippen LogP contribution in [0.15, 0.2) is 109 Å². The van der Waals surface area contributed by atoms with Gasteiger partial charge in [-0.15, -0.1) is 0 Å². The van der Waals surface area contributed by atoms with E-state index in [0.29, 0.717) is 0 Å².